The lowest BCUT2D eigenvalue weighted by Gasteiger charge is -2.10. The summed E-state index contributed by atoms with van der Waals surface area (Å²) in [5.74, 6) is 0.298. The Bertz CT molecular complexity index is 730. The normalized spacial score (nSPS) is 9.84. The van der Waals surface area contributed by atoms with Crippen molar-refractivity contribution in [2.45, 2.75) is 26.2 Å². The van der Waals surface area contributed by atoms with E-state index in [-0.39, 0.29) is 36.9 Å². The Morgan fingerprint density at radius 3 is 2.36 bits per heavy atom. The van der Waals surface area contributed by atoms with Crippen LogP contribution in [0.15, 0.2) is 42.5 Å². The molecule has 0 bridgehead atoms. The number of carbonyl (C=O) groups excluding carboxylic acids is 2. The van der Waals surface area contributed by atoms with Gasteiger partial charge in [0.2, 0.25) is 5.91 Å². The molecule has 0 fully saturated rings. The largest absolute Gasteiger partial charge is 0.497 e. The number of ether oxygens (including phenoxy) is 1. The number of nitrogen functional groups attached to an aromatic ring is 1. The van der Waals surface area contributed by atoms with Gasteiger partial charge in [-0.25, -0.2) is 0 Å². The quantitative estimate of drug-likeness (QED) is 0.578. The number of methoxy groups -OCH3 is 1. The maximum absolute atomic E-state index is 12.1. The molecule has 0 radical (unpaired) electrons. The van der Waals surface area contributed by atoms with Gasteiger partial charge in [0.25, 0.3) is 0 Å². The molecule has 2 rings (SSSR count). The van der Waals surface area contributed by atoms with Crippen LogP contribution in [-0.2, 0) is 11.2 Å². The van der Waals surface area contributed by atoms with Crippen LogP contribution in [0.25, 0.3) is 0 Å². The predicted molar refractivity (Wildman–Crippen MR) is 103 cm³/mol. The molecule has 134 valence electrons. The van der Waals surface area contributed by atoms with Crippen LogP contribution in [0.1, 0.15) is 35.7 Å². The van der Waals surface area contributed by atoms with Gasteiger partial charge in [-0.3, -0.25) is 9.59 Å². The standard InChI is InChI=1S/C19H22N2O3.ClH/c1-3-13-4-6-14(7-5-13)18(22)10-11-19(23)21-17-12-15(24-2)8-9-16(17)20;/h4-9,12H,3,10-11,20H2,1-2H3,(H,21,23);1H. The molecular weight excluding hydrogens is 340 g/mol. The maximum Gasteiger partial charge on any atom is 0.224 e. The monoisotopic (exact) mass is 362 g/mol. The summed E-state index contributed by atoms with van der Waals surface area (Å²) >= 11 is 0. The zero-order valence-electron chi connectivity index (χ0n) is 14.4. The highest BCUT2D eigenvalue weighted by molar-refractivity contribution is 6.00. The zero-order chi connectivity index (χ0) is 17.5. The van der Waals surface area contributed by atoms with E-state index in [0.717, 1.165) is 6.42 Å². The smallest absolute Gasteiger partial charge is 0.224 e. The Hall–Kier alpha value is -2.53. The van der Waals surface area contributed by atoms with Crippen molar-refractivity contribution in [2.24, 2.45) is 0 Å². The number of amides is 1. The highest BCUT2D eigenvalue weighted by atomic mass is 35.5. The average Bonchev–Trinajstić information content (AvgIpc) is 2.61. The fourth-order valence-electron chi connectivity index (χ4n) is 2.28. The molecule has 0 aromatic heterocycles. The number of halogens is 1. The highest BCUT2D eigenvalue weighted by Gasteiger charge is 2.11. The van der Waals surface area contributed by atoms with Gasteiger partial charge in [0.1, 0.15) is 5.75 Å². The second kappa shape index (κ2) is 9.69. The number of benzene rings is 2. The number of nitrogens with one attached hydrogen (secondary N) is 1. The van der Waals surface area contributed by atoms with Gasteiger partial charge in [-0.2, -0.15) is 0 Å². The van der Waals surface area contributed by atoms with Gasteiger partial charge in [-0.15, -0.1) is 12.4 Å². The zero-order valence-corrected chi connectivity index (χ0v) is 15.2. The fraction of sp³-hybridized carbons (Fsp3) is 0.263. The van der Waals surface area contributed by atoms with Gasteiger partial charge in [-0.05, 0) is 24.1 Å². The summed E-state index contributed by atoms with van der Waals surface area (Å²) in [6.07, 6.45) is 1.19. The molecule has 0 saturated heterocycles. The summed E-state index contributed by atoms with van der Waals surface area (Å²) < 4.78 is 5.11. The Kier molecular flexibility index (Phi) is 7.95. The van der Waals surface area contributed by atoms with Gasteiger partial charge < -0.3 is 15.8 Å². The fourth-order valence-corrected chi connectivity index (χ4v) is 2.28. The lowest BCUT2D eigenvalue weighted by atomic mass is 10.0. The molecule has 0 spiro atoms. The second-order valence-electron chi connectivity index (χ2n) is 5.48. The minimum absolute atomic E-state index is 0. The number of hydrogen-bond acceptors (Lipinski definition) is 4. The molecule has 6 heteroatoms. The Balaban J connectivity index is 0.00000312. The maximum atomic E-state index is 12.1. The molecule has 2 aromatic rings. The van der Waals surface area contributed by atoms with Crippen LogP contribution in [0.4, 0.5) is 11.4 Å². The number of carbonyl (C=O) groups is 2. The third kappa shape index (κ3) is 5.80. The van der Waals surface area contributed by atoms with E-state index >= 15 is 0 Å². The third-order valence-corrected chi connectivity index (χ3v) is 3.80. The van der Waals surface area contributed by atoms with E-state index < -0.39 is 0 Å². The molecule has 1 amide bonds. The number of aryl methyl sites for hydroxylation is 1. The molecule has 25 heavy (non-hydrogen) atoms. The van der Waals surface area contributed by atoms with Gasteiger partial charge >= 0.3 is 0 Å². The van der Waals surface area contributed by atoms with Crippen LogP contribution in [0.5, 0.6) is 5.75 Å². The van der Waals surface area contributed by atoms with Gasteiger partial charge in [0.15, 0.2) is 5.78 Å². The molecule has 5 nitrogen and oxygen atoms in total. The van der Waals surface area contributed by atoms with E-state index in [9.17, 15) is 9.59 Å². The van der Waals surface area contributed by atoms with Crippen molar-refractivity contribution in [3.63, 3.8) is 0 Å². The van der Waals surface area contributed by atoms with Crippen molar-refractivity contribution in [1.82, 2.24) is 0 Å². The summed E-state index contributed by atoms with van der Waals surface area (Å²) in [5.41, 5.74) is 8.57. The molecule has 2 aromatic carbocycles. The first kappa shape index (κ1) is 20.5. The number of hydrogen-bond donors (Lipinski definition) is 2. The van der Waals surface area contributed by atoms with Crippen LogP contribution in [-0.4, -0.2) is 18.8 Å². The second-order valence-corrected chi connectivity index (χ2v) is 5.48. The summed E-state index contributed by atoms with van der Waals surface area (Å²) in [6, 6.07) is 12.5. The van der Waals surface area contributed by atoms with Crippen molar-refractivity contribution in [2.75, 3.05) is 18.2 Å². The number of anilines is 2. The van der Waals surface area contributed by atoms with Crippen LogP contribution >= 0.6 is 12.4 Å². The number of rotatable bonds is 7. The van der Waals surface area contributed by atoms with Crippen molar-refractivity contribution in [3.8, 4) is 5.75 Å². The Morgan fingerprint density at radius 2 is 1.76 bits per heavy atom. The van der Waals surface area contributed by atoms with Crippen molar-refractivity contribution in [1.29, 1.82) is 0 Å². The van der Waals surface area contributed by atoms with Crippen LogP contribution in [0.2, 0.25) is 0 Å². The van der Waals surface area contributed by atoms with E-state index in [1.807, 2.05) is 12.1 Å². The average molecular weight is 363 g/mol. The summed E-state index contributed by atoms with van der Waals surface area (Å²) in [6.45, 7) is 2.06. The molecule has 0 unspecified atom stereocenters. The van der Waals surface area contributed by atoms with Crippen molar-refractivity contribution >= 4 is 35.5 Å². The molecule has 0 atom stereocenters. The van der Waals surface area contributed by atoms with Crippen LogP contribution < -0.4 is 15.8 Å². The molecule has 0 aliphatic rings. The summed E-state index contributed by atoms with van der Waals surface area (Å²) in [5, 5.41) is 2.71. The SMILES string of the molecule is CCc1ccc(C(=O)CCC(=O)Nc2cc(OC)ccc2N)cc1.Cl. The van der Waals surface area contributed by atoms with E-state index in [0.29, 0.717) is 22.7 Å². The summed E-state index contributed by atoms with van der Waals surface area (Å²) in [4.78, 5) is 24.2. The minimum atomic E-state index is -0.256. The lowest BCUT2D eigenvalue weighted by Crippen LogP contribution is -2.14. The van der Waals surface area contributed by atoms with Gasteiger partial charge in [-0.1, -0.05) is 31.2 Å². The van der Waals surface area contributed by atoms with Crippen LogP contribution in [0.3, 0.4) is 0 Å². The van der Waals surface area contributed by atoms with E-state index in [1.54, 1.807) is 37.4 Å². The van der Waals surface area contributed by atoms with E-state index in [2.05, 4.69) is 12.2 Å². The minimum Gasteiger partial charge on any atom is -0.497 e. The molecule has 0 aliphatic heterocycles. The van der Waals surface area contributed by atoms with E-state index in [1.165, 1.54) is 5.56 Å². The predicted octanol–water partition coefficient (Wildman–Crippen LogP) is 3.86. The summed E-state index contributed by atoms with van der Waals surface area (Å²) in [7, 11) is 1.54. The van der Waals surface area contributed by atoms with E-state index in [4.69, 9.17) is 10.5 Å². The third-order valence-electron chi connectivity index (χ3n) is 3.80. The number of Topliss-reactive ketones (excluding diaryl/α,β-unsaturated/α-hetero) is 1. The first-order valence-corrected chi connectivity index (χ1v) is 7.89. The topological polar surface area (TPSA) is 81.4 Å². The van der Waals surface area contributed by atoms with Gasteiger partial charge in [0, 0.05) is 24.5 Å². The molecule has 0 heterocycles. The molecule has 0 aliphatic carbocycles. The van der Waals surface area contributed by atoms with Crippen molar-refractivity contribution in [3.05, 3.63) is 53.6 Å². The Morgan fingerprint density at radius 1 is 1.08 bits per heavy atom. The Labute approximate surface area is 154 Å². The van der Waals surface area contributed by atoms with Crippen LogP contribution in [0, 0.1) is 0 Å². The molecular formula is C19H23ClN2O3. The first-order valence-electron chi connectivity index (χ1n) is 7.89. The number of nitrogens with two attached hydrogens (primary N) is 1. The number of ketones is 1. The first-order chi connectivity index (χ1) is 11.5. The van der Waals surface area contributed by atoms with Crippen molar-refractivity contribution < 1.29 is 14.3 Å². The molecule has 3 N–H and O–H groups in total. The van der Waals surface area contributed by atoms with Gasteiger partial charge in [0.05, 0.1) is 18.5 Å². The lowest BCUT2D eigenvalue weighted by molar-refractivity contribution is -0.116. The molecule has 0 saturated carbocycles. The highest BCUT2D eigenvalue weighted by Crippen LogP contribution is 2.24.